The highest BCUT2D eigenvalue weighted by molar-refractivity contribution is 5.87. The molecule has 7 heteroatoms. The summed E-state index contributed by atoms with van der Waals surface area (Å²) in [5.41, 5.74) is 0.323. The number of hydrogen-bond acceptors (Lipinski definition) is 3. The summed E-state index contributed by atoms with van der Waals surface area (Å²) in [4.78, 5) is 12.3. The number of benzene rings is 1. The van der Waals surface area contributed by atoms with Crippen LogP contribution in [0.25, 0.3) is 0 Å². The summed E-state index contributed by atoms with van der Waals surface area (Å²) < 4.78 is 54.0. The molecule has 0 saturated carbocycles. The molecule has 1 N–H and O–H groups in total. The minimum Gasteiger partial charge on any atom is -0.403 e. The average Bonchev–Trinajstić information content (AvgIpc) is 2.39. The topological polar surface area (TPSA) is 38.3 Å². The van der Waals surface area contributed by atoms with Crippen LogP contribution in [0.4, 0.5) is 17.6 Å². The predicted molar refractivity (Wildman–Crippen MR) is 78.8 cm³/mol. The van der Waals surface area contributed by atoms with E-state index in [1.54, 1.807) is 13.8 Å². The normalized spacial score (nSPS) is 13.5. The fourth-order valence-electron chi connectivity index (χ4n) is 2.08. The van der Waals surface area contributed by atoms with Crippen molar-refractivity contribution in [3.05, 3.63) is 29.6 Å². The fourth-order valence-corrected chi connectivity index (χ4v) is 2.08. The predicted octanol–water partition coefficient (Wildman–Crippen LogP) is 4.03. The summed E-state index contributed by atoms with van der Waals surface area (Å²) in [6.45, 7) is 7.54. The van der Waals surface area contributed by atoms with Gasteiger partial charge >= 0.3 is 6.36 Å². The molecule has 0 saturated heterocycles. The zero-order chi connectivity index (χ0) is 17.8. The van der Waals surface area contributed by atoms with Crippen molar-refractivity contribution in [3.63, 3.8) is 0 Å². The van der Waals surface area contributed by atoms with Crippen LogP contribution in [-0.4, -0.2) is 24.7 Å². The number of hydrogen-bond donors (Lipinski definition) is 1. The summed E-state index contributed by atoms with van der Waals surface area (Å²) in [6.07, 6.45) is -4.96. The second kappa shape index (κ2) is 7.77. The molecule has 0 radical (unpaired) electrons. The number of nitrogens with one attached hydrogen (secondary N) is 1. The van der Waals surface area contributed by atoms with E-state index in [0.29, 0.717) is 5.56 Å². The Kier molecular flexibility index (Phi) is 6.56. The average molecular weight is 335 g/mol. The fraction of sp³-hybridized carbons (Fsp3) is 0.562. The summed E-state index contributed by atoms with van der Waals surface area (Å²) >= 11 is 0. The van der Waals surface area contributed by atoms with Crippen LogP contribution in [0.5, 0.6) is 5.75 Å². The van der Waals surface area contributed by atoms with Gasteiger partial charge in [-0.05, 0) is 17.7 Å². The summed E-state index contributed by atoms with van der Waals surface area (Å²) in [5.74, 6) is -3.07. The quantitative estimate of drug-likeness (QED) is 0.765. The van der Waals surface area contributed by atoms with Gasteiger partial charge in [-0.25, -0.2) is 4.39 Å². The summed E-state index contributed by atoms with van der Waals surface area (Å²) in [7, 11) is 0. The molecule has 0 heterocycles. The van der Waals surface area contributed by atoms with Crippen LogP contribution in [0.1, 0.15) is 39.2 Å². The summed E-state index contributed by atoms with van der Waals surface area (Å²) in [6, 6.07) is 3.23. The number of ether oxygens (including phenoxy) is 1. The van der Waals surface area contributed by atoms with Crippen LogP contribution < -0.4 is 10.1 Å². The lowest BCUT2D eigenvalue weighted by atomic mass is 9.88. The van der Waals surface area contributed by atoms with Gasteiger partial charge in [0, 0.05) is 18.5 Å². The van der Waals surface area contributed by atoms with Crippen LogP contribution in [0.15, 0.2) is 18.2 Å². The van der Waals surface area contributed by atoms with Crippen molar-refractivity contribution in [1.29, 1.82) is 0 Å². The van der Waals surface area contributed by atoms with Gasteiger partial charge in [0.1, 0.15) is 5.78 Å². The monoisotopic (exact) mass is 335 g/mol. The molecule has 0 aliphatic carbocycles. The Morgan fingerprint density at radius 1 is 1.22 bits per heavy atom. The van der Waals surface area contributed by atoms with Gasteiger partial charge in [-0.15, -0.1) is 13.2 Å². The molecule has 0 spiro atoms. The van der Waals surface area contributed by atoms with Gasteiger partial charge in [0.15, 0.2) is 11.6 Å². The molecular weight excluding hydrogens is 314 g/mol. The number of carbonyl (C=O) groups excluding carboxylic acids is 1. The lowest BCUT2D eigenvalue weighted by Crippen LogP contribution is -2.33. The SMILES string of the molecule is CC(C)NC[C@@H](C(=O)C(C)C)c1ccc(OC(F)(F)F)c(F)c1. The van der Waals surface area contributed by atoms with Crippen LogP contribution in [-0.2, 0) is 4.79 Å². The first-order valence-corrected chi connectivity index (χ1v) is 7.33. The minimum absolute atomic E-state index is 0.109. The molecule has 1 aromatic rings. The lowest BCUT2D eigenvalue weighted by molar-refractivity contribution is -0.275. The molecule has 3 nitrogen and oxygen atoms in total. The van der Waals surface area contributed by atoms with E-state index in [9.17, 15) is 22.4 Å². The van der Waals surface area contributed by atoms with Crippen molar-refractivity contribution in [2.75, 3.05) is 6.54 Å². The Balaban J connectivity index is 3.06. The minimum atomic E-state index is -4.96. The number of rotatable bonds is 7. The maximum absolute atomic E-state index is 13.8. The van der Waals surface area contributed by atoms with Crippen molar-refractivity contribution >= 4 is 5.78 Å². The molecule has 0 bridgehead atoms. The molecule has 1 aromatic carbocycles. The van der Waals surface area contributed by atoms with Crippen molar-refractivity contribution in [2.45, 2.75) is 46.0 Å². The third-order valence-electron chi connectivity index (χ3n) is 3.23. The third-order valence-corrected chi connectivity index (χ3v) is 3.23. The Morgan fingerprint density at radius 3 is 2.26 bits per heavy atom. The van der Waals surface area contributed by atoms with Crippen LogP contribution >= 0.6 is 0 Å². The highest BCUT2D eigenvalue weighted by Crippen LogP contribution is 2.29. The standard InChI is InChI=1S/C16H21F4NO2/c1-9(2)15(22)12(8-21-10(3)4)11-5-6-14(13(17)7-11)23-16(18,19)20/h5-7,9-10,12,21H,8H2,1-4H3/t12-/m1/s1. The zero-order valence-corrected chi connectivity index (χ0v) is 13.5. The lowest BCUT2D eigenvalue weighted by Gasteiger charge is -2.21. The van der Waals surface area contributed by atoms with E-state index in [0.717, 1.165) is 12.1 Å². The number of carbonyl (C=O) groups is 1. The van der Waals surface area contributed by atoms with E-state index in [-0.39, 0.29) is 24.3 Å². The number of alkyl halides is 3. The number of halogens is 4. The highest BCUT2D eigenvalue weighted by atomic mass is 19.4. The maximum atomic E-state index is 13.8. The van der Waals surface area contributed by atoms with E-state index in [1.165, 1.54) is 6.07 Å². The Hall–Kier alpha value is -1.63. The zero-order valence-electron chi connectivity index (χ0n) is 13.5. The Bertz CT molecular complexity index is 541. The van der Waals surface area contributed by atoms with Gasteiger partial charge in [0.25, 0.3) is 0 Å². The molecular formula is C16H21F4NO2. The van der Waals surface area contributed by atoms with Gasteiger partial charge < -0.3 is 10.1 Å². The van der Waals surface area contributed by atoms with Crippen molar-refractivity contribution in [3.8, 4) is 5.75 Å². The van der Waals surface area contributed by atoms with Gasteiger partial charge in [-0.3, -0.25) is 4.79 Å². The van der Waals surface area contributed by atoms with E-state index in [2.05, 4.69) is 10.1 Å². The molecule has 130 valence electrons. The number of ketones is 1. The van der Waals surface area contributed by atoms with Gasteiger partial charge in [-0.2, -0.15) is 0 Å². The first-order chi connectivity index (χ1) is 10.5. The third kappa shape index (κ3) is 6.17. The molecule has 0 aromatic heterocycles. The molecule has 1 atom stereocenters. The Labute approximate surface area is 133 Å². The smallest absolute Gasteiger partial charge is 0.403 e. The van der Waals surface area contributed by atoms with Crippen molar-refractivity contribution < 1.29 is 27.1 Å². The van der Waals surface area contributed by atoms with E-state index in [1.807, 2.05) is 13.8 Å². The molecule has 0 unspecified atom stereocenters. The van der Waals surface area contributed by atoms with Crippen molar-refractivity contribution in [1.82, 2.24) is 5.32 Å². The molecule has 0 aliphatic heterocycles. The van der Waals surface area contributed by atoms with Gasteiger partial charge in [0.05, 0.1) is 5.92 Å². The molecule has 0 fully saturated rings. The van der Waals surface area contributed by atoms with Crippen molar-refractivity contribution in [2.24, 2.45) is 5.92 Å². The molecule has 23 heavy (non-hydrogen) atoms. The molecule has 1 rings (SSSR count). The van der Waals surface area contributed by atoms with Crippen LogP contribution in [0.2, 0.25) is 0 Å². The second-order valence-corrected chi connectivity index (χ2v) is 5.91. The largest absolute Gasteiger partial charge is 0.573 e. The van der Waals surface area contributed by atoms with E-state index >= 15 is 0 Å². The number of Topliss-reactive ketones (excluding diaryl/α,β-unsaturated/α-hetero) is 1. The van der Waals surface area contributed by atoms with Gasteiger partial charge in [0.2, 0.25) is 0 Å². The van der Waals surface area contributed by atoms with Crippen LogP contribution in [0.3, 0.4) is 0 Å². The first kappa shape index (κ1) is 19.4. The maximum Gasteiger partial charge on any atom is 0.573 e. The summed E-state index contributed by atoms with van der Waals surface area (Å²) in [5, 5.41) is 3.10. The molecule has 0 amide bonds. The van der Waals surface area contributed by atoms with Crippen LogP contribution in [0, 0.1) is 11.7 Å². The van der Waals surface area contributed by atoms with E-state index in [4.69, 9.17) is 0 Å². The second-order valence-electron chi connectivity index (χ2n) is 5.91. The van der Waals surface area contributed by atoms with Gasteiger partial charge in [-0.1, -0.05) is 33.8 Å². The molecule has 0 aliphatic rings. The Morgan fingerprint density at radius 2 is 1.83 bits per heavy atom. The highest BCUT2D eigenvalue weighted by Gasteiger charge is 2.33. The first-order valence-electron chi connectivity index (χ1n) is 7.33. The van der Waals surface area contributed by atoms with E-state index < -0.39 is 23.8 Å².